The van der Waals surface area contributed by atoms with E-state index in [-0.39, 0.29) is 22.7 Å². The molecule has 0 radical (unpaired) electrons. The molecule has 0 unspecified atom stereocenters. The molecule has 0 bridgehead atoms. The number of carbonyl (C=O) groups excluding carboxylic acids is 1. The van der Waals surface area contributed by atoms with E-state index in [4.69, 9.17) is 5.73 Å². The van der Waals surface area contributed by atoms with Gasteiger partial charge in [-0.3, -0.25) is 4.79 Å². The monoisotopic (exact) mass is 495 g/mol. The van der Waals surface area contributed by atoms with Gasteiger partial charge in [0.2, 0.25) is 5.95 Å². The minimum absolute atomic E-state index is 0.106. The van der Waals surface area contributed by atoms with E-state index in [0.29, 0.717) is 0 Å². The van der Waals surface area contributed by atoms with Crippen molar-refractivity contribution in [1.82, 2.24) is 9.97 Å². The Morgan fingerprint density at radius 3 is 2.53 bits per heavy atom. The number of hydrogen-bond donors (Lipinski definition) is 2. The van der Waals surface area contributed by atoms with E-state index in [1.807, 2.05) is 0 Å². The van der Waals surface area contributed by atoms with Gasteiger partial charge in [0.25, 0.3) is 11.9 Å². The van der Waals surface area contributed by atoms with Crippen LogP contribution < -0.4 is 15.8 Å². The van der Waals surface area contributed by atoms with Gasteiger partial charge in [-0.15, -0.1) is 0 Å². The van der Waals surface area contributed by atoms with Crippen LogP contribution >= 0.6 is 0 Å². The zero-order valence-electron chi connectivity index (χ0n) is 17.2. The van der Waals surface area contributed by atoms with E-state index >= 15 is 0 Å². The predicted molar refractivity (Wildman–Crippen MR) is 102 cm³/mol. The van der Waals surface area contributed by atoms with Gasteiger partial charge in [0.1, 0.15) is 11.4 Å². The molecule has 0 aromatic carbocycles. The van der Waals surface area contributed by atoms with E-state index in [9.17, 15) is 35.5 Å². The number of hydrogen-bond acceptors (Lipinski definition) is 7. The zero-order chi connectivity index (χ0) is 25.3. The van der Waals surface area contributed by atoms with Crippen LogP contribution in [0, 0.1) is 5.95 Å². The largest absolute Gasteiger partial charge is 0.483 e. The van der Waals surface area contributed by atoms with Crippen molar-refractivity contribution < 1.29 is 45.0 Å². The normalized spacial score (nSPS) is 20.8. The summed E-state index contributed by atoms with van der Waals surface area (Å²) in [6.07, 6.45) is -10.7. The molecule has 34 heavy (non-hydrogen) atoms. The fourth-order valence-corrected chi connectivity index (χ4v) is 3.07. The molecule has 2 aromatic heterocycles. The van der Waals surface area contributed by atoms with Crippen molar-refractivity contribution in [1.29, 1.82) is 0 Å². The van der Waals surface area contributed by atoms with Crippen LogP contribution in [-0.2, 0) is 10.3 Å². The Kier molecular flexibility index (Phi) is 6.57. The molecular formula is C19H16F7N5O3. The standard InChI is InChI=1S/C19H16F7N5O3/c1-17(5-13(19(24,25)26)34-16(27)31-17)11-4-9(6-29-14(11)20)30-15(32)12-3-2-10(7-28-12)33-8-18(21,22)23/h2-4,6-7,13H,5,8H2,1H3,(H2,27,31)(H,30,32)/t13-,17-/m0/s1. The smallest absolute Gasteiger partial charge is 0.425 e. The number of aliphatic imine (C=N–C) groups is 1. The van der Waals surface area contributed by atoms with Crippen molar-refractivity contribution >= 4 is 17.6 Å². The summed E-state index contributed by atoms with van der Waals surface area (Å²) in [5.74, 6) is -2.22. The topological polar surface area (TPSA) is 112 Å². The Morgan fingerprint density at radius 2 is 1.94 bits per heavy atom. The minimum atomic E-state index is -4.79. The van der Waals surface area contributed by atoms with E-state index in [0.717, 1.165) is 30.6 Å². The van der Waals surface area contributed by atoms with Gasteiger partial charge < -0.3 is 20.5 Å². The van der Waals surface area contributed by atoms with Gasteiger partial charge in [0, 0.05) is 12.0 Å². The van der Waals surface area contributed by atoms with E-state index in [1.54, 1.807) is 0 Å². The maximum absolute atomic E-state index is 14.4. The van der Waals surface area contributed by atoms with E-state index in [2.05, 4.69) is 29.8 Å². The van der Waals surface area contributed by atoms with E-state index < -0.39 is 54.9 Å². The second-order valence-corrected chi connectivity index (χ2v) is 7.38. The number of carbonyl (C=O) groups is 1. The van der Waals surface area contributed by atoms with Gasteiger partial charge in [0.15, 0.2) is 12.7 Å². The number of alkyl halides is 6. The van der Waals surface area contributed by atoms with Gasteiger partial charge in [0.05, 0.1) is 23.6 Å². The summed E-state index contributed by atoms with van der Waals surface area (Å²) < 4.78 is 99.6. The van der Waals surface area contributed by atoms with Crippen LogP contribution in [0.25, 0.3) is 0 Å². The van der Waals surface area contributed by atoms with Crippen molar-refractivity contribution in [2.75, 3.05) is 11.9 Å². The molecule has 8 nitrogen and oxygen atoms in total. The van der Waals surface area contributed by atoms with Crippen LogP contribution in [-0.4, -0.2) is 47.0 Å². The molecule has 2 aromatic rings. The Labute approximate surface area is 187 Å². The number of rotatable bonds is 5. The van der Waals surface area contributed by atoms with Gasteiger partial charge in [-0.2, -0.15) is 30.7 Å². The van der Waals surface area contributed by atoms with Crippen LogP contribution in [0.1, 0.15) is 29.4 Å². The highest BCUT2D eigenvalue weighted by Gasteiger charge is 2.50. The summed E-state index contributed by atoms with van der Waals surface area (Å²) in [7, 11) is 0. The number of pyridine rings is 2. The predicted octanol–water partition coefficient (Wildman–Crippen LogP) is 3.69. The maximum Gasteiger partial charge on any atom is 0.425 e. The third kappa shape index (κ3) is 6.02. The number of aromatic nitrogens is 2. The zero-order valence-corrected chi connectivity index (χ0v) is 17.2. The van der Waals surface area contributed by atoms with Crippen LogP contribution in [0.3, 0.4) is 0 Å². The summed E-state index contributed by atoms with van der Waals surface area (Å²) in [6.45, 7) is -0.343. The Bertz CT molecular complexity index is 1090. The molecule has 15 heteroatoms. The molecule has 3 N–H and O–H groups in total. The van der Waals surface area contributed by atoms with Gasteiger partial charge in [-0.1, -0.05) is 0 Å². The molecule has 1 amide bonds. The molecule has 3 rings (SSSR count). The first-order valence-electron chi connectivity index (χ1n) is 9.38. The number of nitrogens with zero attached hydrogens (tertiary/aromatic N) is 3. The van der Waals surface area contributed by atoms with Crippen molar-refractivity contribution in [2.45, 2.75) is 37.3 Å². The van der Waals surface area contributed by atoms with Gasteiger partial charge in [-0.25, -0.2) is 15.0 Å². The number of ether oxygens (including phenoxy) is 2. The molecule has 1 aliphatic heterocycles. The lowest BCUT2D eigenvalue weighted by Gasteiger charge is -2.35. The Morgan fingerprint density at radius 1 is 1.24 bits per heavy atom. The number of nitrogens with two attached hydrogens (primary N) is 1. The summed E-state index contributed by atoms with van der Waals surface area (Å²) >= 11 is 0. The van der Waals surface area contributed by atoms with Crippen LogP contribution in [0.4, 0.5) is 36.4 Å². The number of amidine groups is 1. The van der Waals surface area contributed by atoms with Crippen molar-refractivity contribution in [2.24, 2.45) is 10.7 Å². The molecule has 2 atom stereocenters. The third-order valence-corrected chi connectivity index (χ3v) is 4.62. The molecule has 0 spiro atoms. The number of halogens is 7. The van der Waals surface area contributed by atoms with Crippen LogP contribution in [0.2, 0.25) is 0 Å². The van der Waals surface area contributed by atoms with Crippen LogP contribution in [0.15, 0.2) is 35.6 Å². The number of nitrogens with one attached hydrogen (secondary N) is 1. The molecular weight excluding hydrogens is 479 g/mol. The first kappa shape index (κ1) is 25.0. The Hall–Kier alpha value is -3.65. The fourth-order valence-electron chi connectivity index (χ4n) is 3.07. The summed E-state index contributed by atoms with van der Waals surface area (Å²) in [6, 6.07) is 2.41. The molecule has 184 valence electrons. The number of anilines is 1. The quantitative estimate of drug-likeness (QED) is 0.484. The highest BCUT2D eigenvalue weighted by molar-refractivity contribution is 6.02. The van der Waals surface area contributed by atoms with Gasteiger partial charge >= 0.3 is 12.4 Å². The lowest BCUT2D eigenvalue weighted by atomic mass is 9.86. The molecule has 1 aliphatic rings. The maximum atomic E-state index is 14.4. The highest BCUT2D eigenvalue weighted by Crippen LogP contribution is 2.41. The fraction of sp³-hybridized carbons (Fsp3) is 0.368. The minimum Gasteiger partial charge on any atom is -0.483 e. The summed E-state index contributed by atoms with van der Waals surface area (Å²) in [5.41, 5.74) is 2.84. The lowest BCUT2D eigenvalue weighted by molar-refractivity contribution is -0.208. The molecule has 0 saturated carbocycles. The second kappa shape index (κ2) is 8.95. The third-order valence-electron chi connectivity index (χ3n) is 4.62. The average molecular weight is 495 g/mol. The SMILES string of the molecule is C[C@@]1(c2cc(NC(=O)c3ccc(OCC(F)(F)F)cn3)cnc2F)C[C@@H](C(F)(F)F)OC(N)=N1. The Balaban J connectivity index is 1.79. The van der Waals surface area contributed by atoms with Crippen molar-refractivity contribution in [3.63, 3.8) is 0 Å². The first-order valence-corrected chi connectivity index (χ1v) is 9.38. The summed E-state index contributed by atoms with van der Waals surface area (Å²) in [5, 5.41) is 2.33. The molecule has 0 aliphatic carbocycles. The first-order chi connectivity index (χ1) is 15.7. The van der Waals surface area contributed by atoms with Crippen molar-refractivity contribution in [3.05, 3.63) is 47.8 Å². The van der Waals surface area contributed by atoms with Crippen LogP contribution in [0.5, 0.6) is 5.75 Å². The molecule has 3 heterocycles. The summed E-state index contributed by atoms with van der Waals surface area (Å²) in [4.78, 5) is 23.3. The van der Waals surface area contributed by atoms with Gasteiger partial charge in [-0.05, 0) is 25.1 Å². The second-order valence-electron chi connectivity index (χ2n) is 7.38. The molecule has 0 fully saturated rings. The average Bonchev–Trinajstić information content (AvgIpc) is 2.72. The van der Waals surface area contributed by atoms with Crippen molar-refractivity contribution in [3.8, 4) is 5.75 Å². The highest BCUT2D eigenvalue weighted by atomic mass is 19.4. The lowest BCUT2D eigenvalue weighted by Crippen LogP contribution is -2.46. The number of amides is 1. The molecule has 0 saturated heterocycles. The van der Waals surface area contributed by atoms with E-state index in [1.165, 1.54) is 6.92 Å².